The fourth-order valence-electron chi connectivity index (χ4n) is 8.51. The summed E-state index contributed by atoms with van der Waals surface area (Å²) in [5, 5.41) is 6.09. The van der Waals surface area contributed by atoms with Crippen LogP contribution in [0.25, 0.3) is 119 Å². The van der Waals surface area contributed by atoms with Gasteiger partial charge < -0.3 is 0 Å². The molecule has 12 rings (SSSR count). The summed E-state index contributed by atoms with van der Waals surface area (Å²) in [5.74, 6) is 1.91. The van der Waals surface area contributed by atoms with E-state index in [0.717, 1.165) is 38.2 Å². The summed E-state index contributed by atoms with van der Waals surface area (Å²) >= 11 is 3.58. The molecular formula is C54H32N4S2. The van der Waals surface area contributed by atoms with Crippen molar-refractivity contribution in [3.8, 4) is 67.7 Å². The van der Waals surface area contributed by atoms with Crippen LogP contribution in [0.4, 0.5) is 0 Å². The van der Waals surface area contributed by atoms with Crippen LogP contribution < -0.4 is 0 Å². The minimum absolute atomic E-state index is 0.619. The van der Waals surface area contributed by atoms with Gasteiger partial charge in [-0.2, -0.15) is 0 Å². The Labute approximate surface area is 353 Å². The molecule has 4 heterocycles. The van der Waals surface area contributed by atoms with Crippen molar-refractivity contribution >= 4 is 73.9 Å². The Morgan fingerprint density at radius 2 is 0.833 bits per heavy atom. The van der Waals surface area contributed by atoms with Crippen LogP contribution in [0.2, 0.25) is 0 Å². The van der Waals surface area contributed by atoms with E-state index in [1.165, 1.54) is 63.3 Å². The summed E-state index contributed by atoms with van der Waals surface area (Å²) in [6, 6.07) is 68.4. The normalized spacial score (nSPS) is 11.7. The summed E-state index contributed by atoms with van der Waals surface area (Å²) in [7, 11) is 0. The third kappa shape index (κ3) is 5.80. The number of aromatic nitrogens is 4. The van der Waals surface area contributed by atoms with Crippen molar-refractivity contribution in [2.24, 2.45) is 0 Å². The van der Waals surface area contributed by atoms with Crippen LogP contribution >= 0.6 is 22.7 Å². The van der Waals surface area contributed by atoms with Crippen molar-refractivity contribution in [3.05, 3.63) is 194 Å². The molecule has 0 amide bonds. The molecule has 0 aliphatic rings. The van der Waals surface area contributed by atoms with Crippen LogP contribution in [0.5, 0.6) is 0 Å². The Hall–Kier alpha value is -7.38. The highest BCUT2D eigenvalue weighted by molar-refractivity contribution is 7.26. The molecule has 0 unspecified atom stereocenters. The standard InChI is InChI=1S/C54H32N4S2/c1-3-14-33(15-4-1)34-28-30-35(31-29-34)39-22-13-25-44-47(39)48-42-21-8-10-27-46(42)60-51(48)49(55-44)37-18-11-19-38(32-37)53-56-52(36-16-5-2-6-17-36)57-54(58-53)43-24-12-23-41-40-20-7-9-26-45(40)59-50(41)43/h1-32H. The SMILES string of the molecule is c1ccc(-c2ccc(-c3cccc4nc(-c5cccc(-c6nc(-c7ccccc7)nc(-c7cccc8c7sc7ccccc78)n6)c5)c5sc6ccccc6c5c34)cc2)cc1. The first-order valence-electron chi connectivity index (χ1n) is 20.0. The Bertz CT molecular complexity index is 3590. The lowest BCUT2D eigenvalue weighted by molar-refractivity contribution is 1.08. The fourth-order valence-corrected chi connectivity index (χ4v) is 10.9. The minimum Gasteiger partial charge on any atom is -0.246 e. The van der Waals surface area contributed by atoms with Gasteiger partial charge in [-0.1, -0.05) is 164 Å². The van der Waals surface area contributed by atoms with Gasteiger partial charge in [0.25, 0.3) is 0 Å². The van der Waals surface area contributed by atoms with Gasteiger partial charge in [0.2, 0.25) is 0 Å². The lowest BCUT2D eigenvalue weighted by atomic mass is 9.94. The molecule has 0 atom stereocenters. The predicted octanol–water partition coefficient (Wildman–Crippen LogP) is 15.2. The first-order chi connectivity index (χ1) is 29.7. The molecule has 0 radical (unpaired) electrons. The lowest BCUT2D eigenvalue weighted by Crippen LogP contribution is -2.00. The molecule has 280 valence electrons. The van der Waals surface area contributed by atoms with Gasteiger partial charge in [-0.3, -0.25) is 0 Å². The number of hydrogen-bond donors (Lipinski definition) is 0. The van der Waals surface area contributed by atoms with Crippen LogP contribution in [-0.4, -0.2) is 19.9 Å². The lowest BCUT2D eigenvalue weighted by Gasteiger charge is -2.13. The molecule has 12 aromatic rings. The van der Waals surface area contributed by atoms with E-state index in [0.29, 0.717) is 17.5 Å². The number of fused-ring (bicyclic) bond motifs is 8. The zero-order valence-electron chi connectivity index (χ0n) is 32.1. The van der Waals surface area contributed by atoms with E-state index in [1.807, 2.05) is 18.2 Å². The molecule has 0 saturated carbocycles. The zero-order valence-corrected chi connectivity index (χ0v) is 33.7. The minimum atomic E-state index is 0.619. The number of benzene rings is 8. The predicted molar refractivity (Wildman–Crippen MR) is 254 cm³/mol. The average molecular weight is 801 g/mol. The van der Waals surface area contributed by atoms with E-state index in [-0.39, 0.29) is 0 Å². The van der Waals surface area contributed by atoms with Gasteiger partial charge in [-0.15, -0.1) is 22.7 Å². The van der Waals surface area contributed by atoms with Gasteiger partial charge in [-0.25, -0.2) is 19.9 Å². The van der Waals surface area contributed by atoms with Gasteiger partial charge in [0.05, 0.1) is 15.9 Å². The van der Waals surface area contributed by atoms with Crippen LogP contribution in [0, 0.1) is 0 Å². The Balaban J connectivity index is 1.04. The third-order valence-corrected chi connectivity index (χ3v) is 13.7. The molecule has 8 aromatic carbocycles. The first kappa shape index (κ1) is 34.6. The third-order valence-electron chi connectivity index (χ3n) is 11.3. The van der Waals surface area contributed by atoms with E-state index in [9.17, 15) is 0 Å². The molecule has 0 saturated heterocycles. The Morgan fingerprint density at radius 3 is 1.63 bits per heavy atom. The maximum Gasteiger partial charge on any atom is 0.165 e. The molecule has 0 aliphatic heterocycles. The van der Waals surface area contributed by atoms with E-state index in [4.69, 9.17) is 19.9 Å². The van der Waals surface area contributed by atoms with Crippen LogP contribution in [-0.2, 0) is 0 Å². The van der Waals surface area contributed by atoms with Gasteiger partial charge in [0.15, 0.2) is 17.5 Å². The maximum atomic E-state index is 5.50. The topological polar surface area (TPSA) is 51.6 Å². The van der Waals surface area contributed by atoms with Crippen molar-refractivity contribution < 1.29 is 0 Å². The molecular weight excluding hydrogens is 769 g/mol. The number of nitrogens with zero attached hydrogens (tertiary/aromatic N) is 4. The Morgan fingerprint density at radius 1 is 0.300 bits per heavy atom. The molecule has 0 N–H and O–H groups in total. The van der Waals surface area contributed by atoms with E-state index >= 15 is 0 Å². The van der Waals surface area contributed by atoms with Gasteiger partial charge in [0, 0.05) is 63.3 Å². The molecule has 0 bridgehead atoms. The molecule has 4 nitrogen and oxygen atoms in total. The molecule has 4 aromatic heterocycles. The average Bonchev–Trinajstić information content (AvgIpc) is 3.91. The highest BCUT2D eigenvalue weighted by Gasteiger charge is 2.21. The molecule has 0 aliphatic carbocycles. The quantitative estimate of drug-likeness (QED) is 0.168. The molecule has 60 heavy (non-hydrogen) atoms. The number of hydrogen-bond acceptors (Lipinski definition) is 6. The summed E-state index contributed by atoms with van der Waals surface area (Å²) in [6.07, 6.45) is 0. The highest BCUT2D eigenvalue weighted by Crippen LogP contribution is 2.46. The highest BCUT2D eigenvalue weighted by atomic mass is 32.1. The molecule has 6 heteroatoms. The van der Waals surface area contributed by atoms with Gasteiger partial charge in [0.1, 0.15) is 0 Å². The second-order valence-electron chi connectivity index (χ2n) is 14.9. The summed E-state index contributed by atoms with van der Waals surface area (Å²) in [4.78, 5) is 21.0. The summed E-state index contributed by atoms with van der Waals surface area (Å²) in [6.45, 7) is 0. The van der Waals surface area contributed by atoms with Crippen molar-refractivity contribution in [1.29, 1.82) is 0 Å². The second-order valence-corrected chi connectivity index (χ2v) is 17.0. The summed E-state index contributed by atoms with van der Waals surface area (Å²) < 4.78 is 4.81. The maximum absolute atomic E-state index is 5.50. The van der Waals surface area contributed by atoms with Crippen LogP contribution in [0.1, 0.15) is 0 Å². The van der Waals surface area contributed by atoms with Crippen molar-refractivity contribution in [2.45, 2.75) is 0 Å². The second kappa shape index (κ2) is 14.2. The monoisotopic (exact) mass is 800 g/mol. The number of pyridine rings is 1. The first-order valence-corrected chi connectivity index (χ1v) is 21.6. The fraction of sp³-hybridized carbons (Fsp3) is 0. The van der Waals surface area contributed by atoms with E-state index in [1.54, 1.807) is 22.7 Å². The smallest absolute Gasteiger partial charge is 0.165 e. The van der Waals surface area contributed by atoms with Gasteiger partial charge >= 0.3 is 0 Å². The molecule has 0 fully saturated rings. The largest absolute Gasteiger partial charge is 0.246 e. The van der Waals surface area contributed by atoms with Crippen LogP contribution in [0.15, 0.2) is 194 Å². The number of rotatable bonds is 6. The zero-order chi connectivity index (χ0) is 39.6. The van der Waals surface area contributed by atoms with E-state index in [2.05, 4.69) is 176 Å². The Kier molecular flexibility index (Phi) is 8.18. The molecule has 0 spiro atoms. The summed E-state index contributed by atoms with van der Waals surface area (Å²) in [5.41, 5.74) is 10.5. The number of thiophene rings is 2. The van der Waals surface area contributed by atoms with Crippen molar-refractivity contribution in [1.82, 2.24) is 19.9 Å². The van der Waals surface area contributed by atoms with Crippen molar-refractivity contribution in [2.75, 3.05) is 0 Å². The van der Waals surface area contributed by atoms with E-state index < -0.39 is 0 Å². The van der Waals surface area contributed by atoms with Crippen LogP contribution in [0.3, 0.4) is 0 Å². The van der Waals surface area contributed by atoms with Gasteiger partial charge in [-0.05, 0) is 52.6 Å². The van der Waals surface area contributed by atoms with Crippen molar-refractivity contribution in [3.63, 3.8) is 0 Å².